The zero-order chi connectivity index (χ0) is 12.7. The summed E-state index contributed by atoms with van der Waals surface area (Å²) in [6.45, 7) is 8.41. The second-order valence-corrected chi connectivity index (χ2v) is 4.95. The van der Waals surface area contributed by atoms with Crippen molar-refractivity contribution >= 4 is 28.4 Å². The quantitative estimate of drug-likeness (QED) is 0.607. The number of aryl methyl sites for hydroxylation is 1. The number of rotatable bonds is 7. The number of aromatic nitrogens is 2. The molecular weight excluding hydrogens is 329 g/mol. The van der Waals surface area contributed by atoms with Crippen LogP contribution in [0.5, 0.6) is 0 Å². The van der Waals surface area contributed by atoms with Gasteiger partial charge in [0, 0.05) is 13.2 Å². The number of anilines is 1. The van der Waals surface area contributed by atoms with Crippen molar-refractivity contribution in [3.05, 3.63) is 15.1 Å². The first kappa shape index (κ1) is 14.6. The Kier molecular flexibility index (Phi) is 6.72. The average Bonchev–Trinajstić information content (AvgIpc) is 2.32. The Morgan fingerprint density at radius 3 is 2.65 bits per heavy atom. The lowest BCUT2D eigenvalue weighted by molar-refractivity contribution is 0.116. The number of nitrogens with one attached hydrogen (secondary N) is 1. The van der Waals surface area contributed by atoms with E-state index in [1.165, 1.54) is 0 Å². The fourth-order valence-electron chi connectivity index (χ4n) is 1.35. The molecule has 1 N–H and O–H groups in total. The van der Waals surface area contributed by atoms with E-state index in [2.05, 4.69) is 51.7 Å². The molecule has 1 aromatic rings. The van der Waals surface area contributed by atoms with E-state index in [0.29, 0.717) is 6.61 Å². The van der Waals surface area contributed by atoms with Crippen LogP contribution in [0.1, 0.15) is 38.2 Å². The van der Waals surface area contributed by atoms with Crippen molar-refractivity contribution in [3.8, 4) is 0 Å². The van der Waals surface area contributed by atoms with E-state index >= 15 is 0 Å². The molecule has 4 nitrogen and oxygen atoms in total. The van der Waals surface area contributed by atoms with Gasteiger partial charge in [0.05, 0.1) is 9.26 Å². The second kappa shape index (κ2) is 7.81. The van der Waals surface area contributed by atoms with Gasteiger partial charge in [0.15, 0.2) is 5.82 Å². The molecule has 1 heterocycles. The summed E-state index contributed by atoms with van der Waals surface area (Å²) < 4.78 is 6.56. The summed E-state index contributed by atoms with van der Waals surface area (Å²) in [5.74, 6) is 1.69. The van der Waals surface area contributed by atoms with E-state index in [1.54, 1.807) is 0 Å². The Morgan fingerprint density at radius 2 is 2.00 bits per heavy atom. The third-order valence-electron chi connectivity index (χ3n) is 2.19. The summed E-state index contributed by atoms with van der Waals surface area (Å²) >= 11 is 2.28. The summed E-state index contributed by atoms with van der Waals surface area (Å²) in [5, 5.41) is 3.32. The SMILES string of the molecule is CCCNc1nc(COCCC)nc(C)c1I. The van der Waals surface area contributed by atoms with Crippen LogP contribution in [0.15, 0.2) is 0 Å². The maximum atomic E-state index is 5.47. The van der Waals surface area contributed by atoms with E-state index in [1.807, 2.05) is 6.92 Å². The Hall–Kier alpha value is -0.430. The van der Waals surface area contributed by atoms with E-state index in [0.717, 1.165) is 46.9 Å². The van der Waals surface area contributed by atoms with Gasteiger partial charge in [0.25, 0.3) is 0 Å². The van der Waals surface area contributed by atoms with Crippen LogP contribution in [0.4, 0.5) is 5.82 Å². The Morgan fingerprint density at radius 1 is 1.24 bits per heavy atom. The van der Waals surface area contributed by atoms with Crippen LogP contribution in [-0.2, 0) is 11.3 Å². The highest BCUT2D eigenvalue weighted by molar-refractivity contribution is 14.1. The van der Waals surface area contributed by atoms with Gasteiger partial charge < -0.3 is 10.1 Å². The van der Waals surface area contributed by atoms with E-state index in [-0.39, 0.29) is 0 Å². The van der Waals surface area contributed by atoms with Crippen molar-refractivity contribution in [2.45, 2.75) is 40.2 Å². The normalized spacial score (nSPS) is 10.6. The van der Waals surface area contributed by atoms with Crippen LogP contribution < -0.4 is 5.32 Å². The Labute approximate surface area is 117 Å². The molecule has 5 heteroatoms. The highest BCUT2D eigenvalue weighted by Crippen LogP contribution is 2.18. The molecule has 0 aliphatic carbocycles. The highest BCUT2D eigenvalue weighted by Gasteiger charge is 2.08. The van der Waals surface area contributed by atoms with Crippen LogP contribution in [0, 0.1) is 10.5 Å². The van der Waals surface area contributed by atoms with E-state index in [4.69, 9.17) is 4.74 Å². The number of ether oxygens (including phenoxy) is 1. The number of nitrogens with zero attached hydrogens (tertiary/aromatic N) is 2. The van der Waals surface area contributed by atoms with Gasteiger partial charge in [0.1, 0.15) is 12.4 Å². The molecule has 0 unspecified atom stereocenters. The molecule has 0 aromatic carbocycles. The maximum Gasteiger partial charge on any atom is 0.156 e. The third-order valence-corrected chi connectivity index (χ3v) is 3.48. The summed E-state index contributed by atoms with van der Waals surface area (Å²) in [5.41, 5.74) is 1.01. The molecule has 0 saturated carbocycles. The van der Waals surface area contributed by atoms with Crippen molar-refractivity contribution in [1.82, 2.24) is 9.97 Å². The molecule has 0 radical (unpaired) electrons. The van der Waals surface area contributed by atoms with Crippen LogP contribution in [0.25, 0.3) is 0 Å². The molecule has 0 bridgehead atoms. The molecule has 96 valence electrons. The van der Waals surface area contributed by atoms with Gasteiger partial charge in [-0.15, -0.1) is 0 Å². The molecule has 0 atom stereocenters. The summed E-state index contributed by atoms with van der Waals surface area (Å²) in [6, 6.07) is 0. The molecule has 0 aliphatic rings. The van der Waals surface area contributed by atoms with Gasteiger partial charge in [-0.25, -0.2) is 9.97 Å². The van der Waals surface area contributed by atoms with Crippen LogP contribution in [0.2, 0.25) is 0 Å². The van der Waals surface area contributed by atoms with Crippen LogP contribution >= 0.6 is 22.6 Å². The lowest BCUT2D eigenvalue weighted by atomic mass is 10.4. The van der Waals surface area contributed by atoms with Gasteiger partial charge in [-0.3, -0.25) is 0 Å². The zero-order valence-corrected chi connectivity index (χ0v) is 12.9. The molecule has 0 spiro atoms. The number of hydrogen-bond acceptors (Lipinski definition) is 4. The lowest BCUT2D eigenvalue weighted by Gasteiger charge is -2.10. The summed E-state index contributed by atoms with van der Waals surface area (Å²) in [4.78, 5) is 8.92. The molecule has 1 aromatic heterocycles. The Balaban J connectivity index is 2.74. The first-order valence-electron chi connectivity index (χ1n) is 6.03. The minimum Gasteiger partial charge on any atom is -0.373 e. The van der Waals surface area contributed by atoms with Crippen molar-refractivity contribution in [1.29, 1.82) is 0 Å². The van der Waals surface area contributed by atoms with Gasteiger partial charge >= 0.3 is 0 Å². The standard InChI is InChI=1S/C12H20IN3O/c1-4-6-14-12-11(13)9(3)15-10(16-12)8-17-7-5-2/h4-8H2,1-3H3,(H,14,15,16). The Bertz CT molecular complexity index is 358. The molecular formula is C12H20IN3O. The van der Waals surface area contributed by atoms with Gasteiger partial charge in [-0.05, 0) is 42.4 Å². The topological polar surface area (TPSA) is 47.0 Å². The average molecular weight is 349 g/mol. The molecule has 0 fully saturated rings. The smallest absolute Gasteiger partial charge is 0.156 e. The number of halogens is 1. The molecule has 1 rings (SSSR count). The summed E-state index contributed by atoms with van der Waals surface area (Å²) in [6.07, 6.45) is 2.10. The van der Waals surface area contributed by atoms with Crippen molar-refractivity contribution in [2.24, 2.45) is 0 Å². The zero-order valence-electron chi connectivity index (χ0n) is 10.7. The molecule has 17 heavy (non-hydrogen) atoms. The van der Waals surface area contributed by atoms with Crippen LogP contribution in [0.3, 0.4) is 0 Å². The fraction of sp³-hybridized carbons (Fsp3) is 0.667. The third kappa shape index (κ3) is 4.75. The van der Waals surface area contributed by atoms with E-state index < -0.39 is 0 Å². The highest BCUT2D eigenvalue weighted by atomic mass is 127. The predicted octanol–water partition coefficient (Wildman–Crippen LogP) is 3.14. The van der Waals surface area contributed by atoms with Gasteiger partial charge in [-0.2, -0.15) is 0 Å². The lowest BCUT2D eigenvalue weighted by Crippen LogP contribution is -2.10. The maximum absolute atomic E-state index is 5.47. The molecule has 0 amide bonds. The molecule has 0 aliphatic heterocycles. The second-order valence-electron chi connectivity index (χ2n) is 3.87. The first-order chi connectivity index (χ1) is 8.19. The predicted molar refractivity (Wildman–Crippen MR) is 78.2 cm³/mol. The number of hydrogen-bond donors (Lipinski definition) is 1. The fourth-order valence-corrected chi connectivity index (χ4v) is 1.78. The van der Waals surface area contributed by atoms with Crippen molar-refractivity contribution in [3.63, 3.8) is 0 Å². The van der Waals surface area contributed by atoms with Crippen molar-refractivity contribution < 1.29 is 4.74 Å². The van der Waals surface area contributed by atoms with E-state index in [9.17, 15) is 0 Å². The molecule has 0 saturated heterocycles. The summed E-state index contributed by atoms with van der Waals surface area (Å²) in [7, 11) is 0. The van der Waals surface area contributed by atoms with Crippen molar-refractivity contribution in [2.75, 3.05) is 18.5 Å². The minimum absolute atomic E-state index is 0.492. The minimum atomic E-state index is 0.492. The van der Waals surface area contributed by atoms with Gasteiger partial charge in [0.2, 0.25) is 0 Å². The largest absolute Gasteiger partial charge is 0.373 e. The monoisotopic (exact) mass is 349 g/mol. The van der Waals surface area contributed by atoms with Gasteiger partial charge in [-0.1, -0.05) is 13.8 Å². The van der Waals surface area contributed by atoms with Crippen LogP contribution in [-0.4, -0.2) is 23.1 Å². The first-order valence-corrected chi connectivity index (χ1v) is 7.11.